The lowest BCUT2D eigenvalue weighted by atomic mass is 9.85. The minimum absolute atomic E-state index is 0.0735. The maximum Gasteiger partial charge on any atom is 0.254 e. The van der Waals surface area contributed by atoms with Crippen LogP contribution in [0.2, 0.25) is 0 Å². The van der Waals surface area contributed by atoms with Crippen LogP contribution >= 0.6 is 0 Å². The third kappa shape index (κ3) is 2.29. The van der Waals surface area contributed by atoms with Crippen molar-refractivity contribution < 1.29 is 9.90 Å². The van der Waals surface area contributed by atoms with Gasteiger partial charge in [-0.05, 0) is 11.5 Å². The van der Waals surface area contributed by atoms with Crippen LogP contribution in [0.1, 0.15) is 36.7 Å². The molecule has 15 heavy (non-hydrogen) atoms. The molecule has 0 spiro atoms. The second-order valence-corrected chi connectivity index (χ2v) is 4.53. The lowest BCUT2D eigenvalue weighted by Gasteiger charge is -2.21. The van der Waals surface area contributed by atoms with Gasteiger partial charge >= 0.3 is 0 Å². The number of phenolic OH excluding ortho intramolecular Hbond substituents is 1. The molecule has 3 nitrogen and oxygen atoms in total. The summed E-state index contributed by atoms with van der Waals surface area (Å²) in [5.74, 6) is -0.192. The molecule has 0 bridgehead atoms. The molecule has 0 aliphatic rings. The number of phenols is 1. The molecule has 0 fully saturated rings. The Hall–Kier alpha value is -1.51. The molecule has 0 saturated carbocycles. The van der Waals surface area contributed by atoms with Crippen LogP contribution in [0.5, 0.6) is 5.75 Å². The molecule has 0 unspecified atom stereocenters. The molecule has 0 saturated heterocycles. The quantitative estimate of drug-likeness (QED) is 0.740. The highest BCUT2D eigenvalue weighted by atomic mass is 16.3. The Morgan fingerprint density at radius 2 is 1.93 bits per heavy atom. The smallest absolute Gasteiger partial charge is 0.254 e. The highest BCUT2D eigenvalue weighted by molar-refractivity contribution is 5.97. The molecular weight excluding hydrogens is 190 g/mol. The Morgan fingerprint density at radius 1 is 1.33 bits per heavy atom. The summed E-state index contributed by atoms with van der Waals surface area (Å²) in [6, 6.07) is 5.23. The van der Waals surface area contributed by atoms with Gasteiger partial charge in [0.1, 0.15) is 5.75 Å². The fraction of sp³-hybridized carbons (Fsp3) is 0.417. The molecule has 1 aromatic carbocycles. The van der Waals surface area contributed by atoms with E-state index in [1.807, 2.05) is 26.8 Å². The van der Waals surface area contributed by atoms with Crippen molar-refractivity contribution in [1.82, 2.24) is 5.32 Å². The van der Waals surface area contributed by atoms with E-state index in [1.54, 1.807) is 19.2 Å². The number of para-hydroxylation sites is 1. The van der Waals surface area contributed by atoms with Gasteiger partial charge in [-0.3, -0.25) is 4.79 Å². The van der Waals surface area contributed by atoms with Crippen molar-refractivity contribution in [1.29, 1.82) is 0 Å². The number of carbonyl (C=O) groups is 1. The zero-order valence-electron chi connectivity index (χ0n) is 9.59. The first-order chi connectivity index (χ1) is 6.88. The average molecular weight is 207 g/mol. The number of hydrogen-bond acceptors (Lipinski definition) is 2. The van der Waals surface area contributed by atoms with Crippen LogP contribution < -0.4 is 5.32 Å². The standard InChI is InChI=1S/C12H17NO2/c1-12(2,3)9-7-5-6-8(10(9)14)11(15)13-4/h5-7,14H,1-4H3,(H,13,15). The third-order valence-corrected chi connectivity index (χ3v) is 2.32. The molecule has 1 amide bonds. The number of amides is 1. The van der Waals surface area contributed by atoms with Crippen molar-refractivity contribution in [2.45, 2.75) is 26.2 Å². The monoisotopic (exact) mass is 207 g/mol. The largest absolute Gasteiger partial charge is 0.507 e. The summed E-state index contributed by atoms with van der Waals surface area (Å²) >= 11 is 0. The normalized spacial score (nSPS) is 11.2. The molecule has 0 aliphatic carbocycles. The zero-order valence-corrected chi connectivity index (χ0v) is 9.59. The van der Waals surface area contributed by atoms with E-state index in [0.717, 1.165) is 5.56 Å². The average Bonchev–Trinajstić information content (AvgIpc) is 2.15. The van der Waals surface area contributed by atoms with E-state index in [2.05, 4.69) is 5.32 Å². The Labute approximate surface area is 90.1 Å². The molecule has 82 valence electrons. The lowest BCUT2D eigenvalue weighted by molar-refractivity contribution is 0.0960. The van der Waals surface area contributed by atoms with Gasteiger partial charge in [0.2, 0.25) is 0 Å². The molecule has 0 heterocycles. The summed E-state index contributed by atoms with van der Waals surface area (Å²) in [6.07, 6.45) is 0. The van der Waals surface area contributed by atoms with Gasteiger partial charge in [0.15, 0.2) is 0 Å². The topological polar surface area (TPSA) is 49.3 Å². The van der Waals surface area contributed by atoms with Crippen molar-refractivity contribution in [2.24, 2.45) is 0 Å². The van der Waals surface area contributed by atoms with E-state index in [4.69, 9.17) is 0 Å². The van der Waals surface area contributed by atoms with Crippen LogP contribution in [0.25, 0.3) is 0 Å². The number of nitrogens with one attached hydrogen (secondary N) is 1. The molecule has 1 rings (SSSR count). The van der Waals surface area contributed by atoms with Crippen molar-refractivity contribution in [2.75, 3.05) is 7.05 Å². The maximum absolute atomic E-state index is 11.4. The summed E-state index contributed by atoms with van der Waals surface area (Å²) in [5.41, 5.74) is 0.933. The Morgan fingerprint density at radius 3 is 2.40 bits per heavy atom. The van der Waals surface area contributed by atoms with Gasteiger partial charge in [-0.15, -0.1) is 0 Å². The molecule has 0 atom stereocenters. The molecule has 1 aromatic rings. The van der Waals surface area contributed by atoms with Crippen LogP contribution in [0.3, 0.4) is 0 Å². The van der Waals surface area contributed by atoms with Gasteiger partial charge in [-0.1, -0.05) is 32.9 Å². The van der Waals surface area contributed by atoms with Gasteiger partial charge in [0.25, 0.3) is 5.91 Å². The molecule has 0 aliphatic heterocycles. The fourth-order valence-corrected chi connectivity index (χ4v) is 1.47. The third-order valence-electron chi connectivity index (χ3n) is 2.32. The Kier molecular flexibility index (Phi) is 3.03. The fourth-order valence-electron chi connectivity index (χ4n) is 1.47. The number of carbonyl (C=O) groups excluding carboxylic acids is 1. The van der Waals surface area contributed by atoms with Crippen LogP contribution in [0.4, 0.5) is 0 Å². The molecule has 0 aromatic heterocycles. The second-order valence-electron chi connectivity index (χ2n) is 4.53. The van der Waals surface area contributed by atoms with Gasteiger partial charge in [0, 0.05) is 12.6 Å². The predicted octanol–water partition coefficient (Wildman–Crippen LogP) is 2.05. The van der Waals surface area contributed by atoms with E-state index in [-0.39, 0.29) is 17.1 Å². The van der Waals surface area contributed by atoms with Crippen LogP contribution in [0.15, 0.2) is 18.2 Å². The highest BCUT2D eigenvalue weighted by Gasteiger charge is 2.21. The maximum atomic E-state index is 11.4. The molecular formula is C12H17NO2. The lowest BCUT2D eigenvalue weighted by Crippen LogP contribution is -2.20. The number of hydrogen-bond donors (Lipinski definition) is 2. The minimum Gasteiger partial charge on any atom is -0.507 e. The summed E-state index contributed by atoms with van der Waals surface area (Å²) in [5, 5.41) is 12.5. The van der Waals surface area contributed by atoms with Crippen molar-refractivity contribution in [3.63, 3.8) is 0 Å². The van der Waals surface area contributed by atoms with Crippen molar-refractivity contribution in [3.8, 4) is 5.75 Å². The predicted molar refractivity (Wildman–Crippen MR) is 60.2 cm³/mol. The van der Waals surface area contributed by atoms with Gasteiger partial charge in [0.05, 0.1) is 5.56 Å². The summed E-state index contributed by atoms with van der Waals surface area (Å²) < 4.78 is 0. The van der Waals surface area contributed by atoms with Gasteiger partial charge in [-0.25, -0.2) is 0 Å². The number of rotatable bonds is 1. The molecule has 2 N–H and O–H groups in total. The SMILES string of the molecule is CNC(=O)c1cccc(C(C)(C)C)c1O. The van der Waals surface area contributed by atoms with E-state index < -0.39 is 0 Å². The zero-order chi connectivity index (χ0) is 11.6. The number of aromatic hydroxyl groups is 1. The van der Waals surface area contributed by atoms with Crippen LogP contribution in [-0.4, -0.2) is 18.1 Å². The van der Waals surface area contributed by atoms with E-state index in [9.17, 15) is 9.90 Å². The summed E-state index contributed by atoms with van der Waals surface area (Å²) in [7, 11) is 1.55. The first kappa shape index (κ1) is 11.6. The summed E-state index contributed by atoms with van der Waals surface area (Å²) in [6.45, 7) is 5.99. The Balaban J connectivity index is 3.30. The Bertz CT molecular complexity index is 378. The highest BCUT2D eigenvalue weighted by Crippen LogP contribution is 2.32. The number of benzene rings is 1. The van der Waals surface area contributed by atoms with Gasteiger partial charge in [-0.2, -0.15) is 0 Å². The van der Waals surface area contributed by atoms with E-state index in [0.29, 0.717) is 5.56 Å². The molecule has 0 radical (unpaired) electrons. The summed E-state index contributed by atoms with van der Waals surface area (Å²) in [4.78, 5) is 11.4. The van der Waals surface area contributed by atoms with Crippen molar-refractivity contribution in [3.05, 3.63) is 29.3 Å². The minimum atomic E-state index is -0.265. The van der Waals surface area contributed by atoms with E-state index >= 15 is 0 Å². The molecule has 3 heteroatoms. The second kappa shape index (κ2) is 3.93. The van der Waals surface area contributed by atoms with Crippen molar-refractivity contribution >= 4 is 5.91 Å². The van der Waals surface area contributed by atoms with Crippen LogP contribution in [-0.2, 0) is 5.41 Å². The van der Waals surface area contributed by atoms with Gasteiger partial charge < -0.3 is 10.4 Å². The first-order valence-corrected chi connectivity index (χ1v) is 4.92. The van der Waals surface area contributed by atoms with Crippen LogP contribution in [0, 0.1) is 0 Å². The van der Waals surface area contributed by atoms with E-state index in [1.165, 1.54) is 0 Å². The first-order valence-electron chi connectivity index (χ1n) is 4.92.